The molecule has 1 aliphatic rings. The molecule has 0 radical (unpaired) electrons. The lowest BCUT2D eigenvalue weighted by molar-refractivity contribution is 0.253. The van der Waals surface area contributed by atoms with Crippen molar-refractivity contribution in [1.29, 1.82) is 0 Å². The molecular formula is C16H27BrN4. The number of nitrogens with zero attached hydrogens (tertiary/aromatic N) is 2. The van der Waals surface area contributed by atoms with Crippen LogP contribution in [0.3, 0.4) is 0 Å². The van der Waals surface area contributed by atoms with E-state index in [1.54, 1.807) is 6.33 Å². The predicted molar refractivity (Wildman–Crippen MR) is 92.7 cm³/mol. The van der Waals surface area contributed by atoms with Gasteiger partial charge in [-0.25, -0.2) is 9.97 Å². The minimum absolute atomic E-state index is 0.518. The Kier molecular flexibility index (Phi) is 6.27. The van der Waals surface area contributed by atoms with E-state index in [1.165, 1.54) is 25.7 Å². The summed E-state index contributed by atoms with van der Waals surface area (Å²) < 4.78 is 0.950. The van der Waals surface area contributed by atoms with E-state index in [0.717, 1.165) is 35.0 Å². The van der Waals surface area contributed by atoms with Crippen molar-refractivity contribution in [2.75, 3.05) is 17.2 Å². The van der Waals surface area contributed by atoms with E-state index in [0.29, 0.717) is 12.0 Å². The molecule has 1 fully saturated rings. The van der Waals surface area contributed by atoms with Crippen molar-refractivity contribution in [3.05, 3.63) is 10.8 Å². The number of aromatic nitrogens is 2. The van der Waals surface area contributed by atoms with Gasteiger partial charge in [-0.05, 0) is 47.0 Å². The quantitative estimate of drug-likeness (QED) is 0.777. The second-order valence-electron chi connectivity index (χ2n) is 6.25. The fourth-order valence-corrected chi connectivity index (χ4v) is 3.61. The normalized spacial score (nSPS) is 22.3. The molecule has 2 atom stereocenters. The number of hydrogen-bond acceptors (Lipinski definition) is 4. The highest BCUT2D eigenvalue weighted by atomic mass is 79.9. The van der Waals surface area contributed by atoms with Gasteiger partial charge in [-0.15, -0.1) is 0 Å². The van der Waals surface area contributed by atoms with Crippen LogP contribution in [-0.4, -0.2) is 22.6 Å². The van der Waals surface area contributed by atoms with E-state index in [-0.39, 0.29) is 0 Å². The molecule has 0 amide bonds. The highest BCUT2D eigenvalue weighted by molar-refractivity contribution is 9.10. The maximum absolute atomic E-state index is 4.43. The number of nitrogens with one attached hydrogen (secondary N) is 2. The van der Waals surface area contributed by atoms with E-state index >= 15 is 0 Å². The van der Waals surface area contributed by atoms with Crippen LogP contribution < -0.4 is 10.6 Å². The van der Waals surface area contributed by atoms with Gasteiger partial charge >= 0.3 is 0 Å². The molecule has 118 valence electrons. The Bertz CT molecular complexity index is 450. The lowest BCUT2D eigenvalue weighted by Crippen LogP contribution is -2.35. The zero-order valence-electron chi connectivity index (χ0n) is 13.3. The van der Waals surface area contributed by atoms with E-state index < -0.39 is 0 Å². The first kappa shape index (κ1) is 16.5. The summed E-state index contributed by atoms with van der Waals surface area (Å²) in [6.07, 6.45) is 7.94. The second kappa shape index (κ2) is 7.97. The first-order chi connectivity index (χ1) is 10.1. The number of rotatable bonds is 6. The Labute approximate surface area is 136 Å². The van der Waals surface area contributed by atoms with Crippen LogP contribution in [0.2, 0.25) is 0 Å². The van der Waals surface area contributed by atoms with Crippen molar-refractivity contribution >= 4 is 27.6 Å². The van der Waals surface area contributed by atoms with Crippen molar-refractivity contribution in [3.63, 3.8) is 0 Å². The van der Waals surface area contributed by atoms with Gasteiger partial charge in [0.15, 0.2) is 0 Å². The molecule has 21 heavy (non-hydrogen) atoms. The number of halogens is 1. The number of anilines is 2. The topological polar surface area (TPSA) is 49.8 Å². The highest BCUT2D eigenvalue weighted by Crippen LogP contribution is 2.34. The summed E-state index contributed by atoms with van der Waals surface area (Å²) in [4.78, 5) is 8.74. The maximum atomic E-state index is 4.43. The Hall–Kier alpha value is -0.840. The molecule has 4 nitrogen and oxygen atoms in total. The van der Waals surface area contributed by atoms with Gasteiger partial charge in [0.25, 0.3) is 0 Å². The van der Waals surface area contributed by atoms with Crippen LogP contribution in [0.25, 0.3) is 0 Å². The zero-order chi connectivity index (χ0) is 15.2. The summed E-state index contributed by atoms with van der Waals surface area (Å²) in [7, 11) is 0. The van der Waals surface area contributed by atoms with Gasteiger partial charge < -0.3 is 10.6 Å². The Morgan fingerprint density at radius 3 is 2.67 bits per heavy atom. The molecule has 0 aliphatic heterocycles. The van der Waals surface area contributed by atoms with E-state index in [4.69, 9.17) is 0 Å². The molecule has 0 aromatic carbocycles. The lowest BCUT2D eigenvalue weighted by atomic mass is 9.78. The van der Waals surface area contributed by atoms with Crippen LogP contribution in [0, 0.1) is 11.8 Å². The van der Waals surface area contributed by atoms with Crippen LogP contribution in [0.4, 0.5) is 11.6 Å². The fraction of sp³-hybridized carbons (Fsp3) is 0.750. The fourth-order valence-electron chi connectivity index (χ4n) is 3.15. The predicted octanol–water partition coefficient (Wildman–Crippen LogP) is 4.69. The average molecular weight is 355 g/mol. The Morgan fingerprint density at radius 2 is 1.95 bits per heavy atom. The molecule has 1 aromatic heterocycles. The standard InChI is InChI=1S/C16H27BrN4/c1-4-9-18-15-14(17)16(20-10-19-15)21-13-8-6-5-7-12(13)11(2)3/h10-13H,4-9H2,1-3H3,(H2,18,19,20,21). The van der Waals surface area contributed by atoms with Crippen molar-refractivity contribution in [3.8, 4) is 0 Å². The molecule has 2 rings (SSSR count). The average Bonchev–Trinajstić information content (AvgIpc) is 2.48. The Morgan fingerprint density at radius 1 is 1.24 bits per heavy atom. The summed E-state index contributed by atoms with van der Waals surface area (Å²) in [6, 6.07) is 0.518. The molecule has 1 heterocycles. The smallest absolute Gasteiger partial charge is 0.146 e. The van der Waals surface area contributed by atoms with Gasteiger partial charge in [0.05, 0.1) is 0 Å². The molecular weight excluding hydrogens is 328 g/mol. The third kappa shape index (κ3) is 4.31. The van der Waals surface area contributed by atoms with Gasteiger partial charge in [0, 0.05) is 12.6 Å². The SMILES string of the molecule is CCCNc1ncnc(NC2CCCCC2C(C)C)c1Br. The van der Waals surface area contributed by atoms with E-state index in [2.05, 4.69) is 57.3 Å². The van der Waals surface area contributed by atoms with Crippen LogP contribution in [0.15, 0.2) is 10.8 Å². The largest absolute Gasteiger partial charge is 0.369 e. The molecule has 0 bridgehead atoms. The molecule has 5 heteroatoms. The summed E-state index contributed by atoms with van der Waals surface area (Å²) in [5, 5.41) is 7.00. The minimum Gasteiger partial charge on any atom is -0.369 e. The van der Waals surface area contributed by atoms with Crippen molar-refractivity contribution in [2.24, 2.45) is 11.8 Å². The molecule has 1 aromatic rings. The van der Waals surface area contributed by atoms with Gasteiger partial charge in [0.1, 0.15) is 22.4 Å². The molecule has 2 N–H and O–H groups in total. The van der Waals surface area contributed by atoms with Crippen LogP contribution >= 0.6 is 15.9 Å². The summed E-state index contributed by atoms with van der Waals surface area (Å²) >= 11 is 3.65. The zero-order valence-corrected chi connectivity index (χ0v) is 14.9. The van der Waals surface area contributed by atoms with E-state index in [1.807, 2.05) is 0 Å². The summed E-state index contributed by atoms with van der Waals surface area (Å²) in [5.41, 5.74) is 0. The van der Waals surface area contributed by atoms with Crippen molar-refractivity contribution < 1.29 is 0 Å². The number of hydrogen-bond donors (Lipinski definition) is 2. The van der Waals surface area contributed by atoms with Gasteiger partial charge in [-0.2, -0.15) is 0 Å². The van der Waals surface area contributed by atoms with Gasteiger partial charge in [-0.1, -0.05) is 33.6 Å². The maximum Gasteiger partial charge on any atom is 0.146 e. The van der Waals surface area contributed by atoms with Crippen LogP contribution in [-0.2, 0) is 0 Å². The van der Waals surface area contributed by atoms with Gasteiger partial charge in [0.2, 0.25) is 0 Å². The van der Waals surface area contributed by atoms with Crippen molar-refractivity contribution in [1.82, 2.24) is 9.97 Å². The highest BCUT2D eigenvalue weighted by Gasteiger charge is 2.28. The third-order valence-corrected chi connectivity index (χ3v) is 5.08. The van der Waals surface area contributed by atoms with E-state index in [9.17, 15) is 0 Å². The molecule has 2 unspecified atom stereocenters. The molecule has 1 aliphatic carbocycles. The Balaban J connectivity index is 2.10. The lowest BCUT2D eigenvalue weighted by Gasteiger charge is -2.35. The van der Waals surface area contributed by atoms with Crippen LogP contribution in [0.1, 0.15) is 52.9 Å². The first-order valence-corrected chi connectivity index (χ1v) is 8.93. The molecule has 1 saturated carbocycles. The second-order valence-corrected chi connectivity index (χ2v) is 7.05. The summed E-state index contributed by atoms with van der Waals surface area (Å²) in [5.74, 6) is 3.24. The molecule has 0 spiro atoms. The van der Waals surface area contributed by atoms with Crippen LogP contribution in [0.5, 0.6) is 0 Å². The first-order valence-electron chi connectivity index (χ1n) is 8.14. The van der Waals surface area contributed by atoms with Gasteiger partial charge in [-0.3, -0.25) is 0 Å². The molecule has 0 saturated heterocycles. The summed E-state index contributed by atoms with van der Waals surface area (Å²) in [6.45, 7) is 7.73. The third-order valence-electron chi connectivity index (χ3n) is 4.33. The monoisotopic (exact) mass is 354 g/mol. The van der Waals surface area contributed by atoms with Crippen molar-refractivity contribution in [2.45, 2.75) is 58.9 Å². The minimum atomic E-state index is 0.518.